The van der Waals surface area contributed by atoms with Crippen LogP contribution < -0.4 is 31.4 Å². The number of hydrogen-bond donors (Lipinski definition) is 4. The maximum Gasteiger partial charge on any atom is 0.261 e. The fourth-order valence-corrected chi connectivity index (χ4v) is 4.21. The van der Waals surface area contributed by atoms with Crippen LogP contribution in [0.3, 0.4) is 0 Å². The number of fused-ring (bicyclic) bond motifs is 1. The molecule has 0 unspecified atom stereocenters. The summed E-state index contributed by atoms with van der Waals surface area (Å²) < 4.78 is 10.6. The van der Waals surface area contributed by atoms with E-state index in [2.05, 4.69) is 15.6 Å². The van der Waals surface area contributed by atoms with Gasteiger partial charge >= 0.3 is 0 Å². The van der Waals surface area contributed by atoms with Crippen LogP contribution in [0.5, 0.6) is 11.5 Å². The molecular weight excluding hydrogens is 484 g/mol. The molecule has 0 bridgehead atoms. The van der Waals surface area contributed by atoms with Crippen LogP contribution >= 0.6 is 0 Å². The zero-order valence-electron chi connectivity index (χ0n) is 21.5. The molecule has 1 aromatic heterocycles. The highest BCUT2D eigenvalue weighted by Gasteiger charge is 2.18. The van der Waals surface area contributed by atoms with Gasteiger partial charge in [-0.1, -0.05) is 36.4 Å². The second-order valence-corrected chi connectivity index (χ2v) is 8.80. The molecule has 0 aliphatic carbocycles. The number of benzene rings is 3. The molecule has 196 valence electrons. The topological polar surface area (TPSA) is 136 Å². The number of rotatable bonds is 9. The molecule has 0 saturated heterocycles. The molecule has 0 aliphatic rings. The minimum Gasteiger partial charge on any atom is -0.493 e. The van der Waals surface area contributed by atoms with Gasteiger partial charge in [-0.3, -0.25) is 14.4 Å². The molecule has 0 saturated carbocycles. The maximum atomic E-state index is 13.1. The Labute approximate surface area is 220 Å². The summed E-state index contributed by atoms with van der Waals surface area (Å²) in [5, 5.41) is 6.40. The minimum absolute atomic E-state index is 0.0777. The minimum atomic E-state index is -0.603. The number of methoxy groups -OCH3 is 2. The van der Waals surface area contributed by atoms with E-state index in [1.807, 2.05) is 30.3 Å². The Balaban J connectivity index is 1.58. The summed E-state index contributed by atoms with van der Waals surface area (Å²) in [6.45, 7) is 2.22. The number of amides is 2. The van der Waals surface area contributed by atoms with Gasteiger partial charge in [0.1, 0.15) is 5.56 Å². The van der Waals surface area contributed by atoms with Gasteiger partial charge in [0.05, 0.1) is 25.8 Å². The van der Waals surface area contributed by atoms with Gasteiger partial charge in [0.25, 0.3) is 17.4 Å². The summed E-state index contributed by atoms with van der Waals surface area (Å²) in [5.41, 5.74) is 8.13. The van der Waals surface area contributed by atoms with Crippen molar-refractivity contribution in [3.63, 3.8) is 0 Å². The Morgan fingerprint density at radius 3 is 2.34 bits per heavy atom. The maximum absolute atomic E-state index is 13.1. The quantitative estimate of drug-likeness (QED) is 0.267. The molecule has 9 heteroatoms. The molecular formula is C29H30N4O5. The summed E-state index contributed by atoms with van der Waals surface area (Å²) in [7, 11) is 3.01. The number of nitrogens with one attached hydrogen (secondary N) is 3. The normalized spacial score (nSPS) is 11.6. The van der Waals surface area contributed by atoms with Crippen molar-refractivity contribution in [1.29, 1.82) is 0 Å². The van der Waals surface area contributed by atoms with E-state index in [4.69, 9.17) is 15.2 Å². The first-order valence-corrected chi connectivity index (χ1v) is 12.1. The Kier molecular flexibility index (Phi) is 8.08. The van der Waals surface area contributed by atoms with E-state index in [0.29, 0.717) is 46.6 Å². The van der Waals surface area contributed by atoms with Gasteiger partial charge in [-0.05, 0) is 55.3 Å². The van der Waals surface area contributed by atoms with Crippen molar-refractivity contribution >= 4 is 28.4 Å². The molecule has 3 aromatic carbocycles. The Morgan fingerprint density at radius 1 is 0.947 bits per heavy atom. The third-order valence-corrected chi connectivity index (χ3v) is 6.30. The zero-order valence-corrected chi connectivity index (χ0v) is 21.5. The molecule has 2 amide bonds. The van der Waals surface area contributed by atoms with Crippen molar-refractivity contribution in [1.82, 2.24) is 10.3 Å². The number of anilines is 1. The van der Waals surface area contributed by atoms with Gasteiger partial charge in [-0.25, -0.2) is 0 Å². The molecule has 1 atom stereocenters. The van der Waals surface area contributed by atoms with E-state index in [1.165, 1.54) is 20.3 Å². The van der Waals surface area contributed by atoms with Crippen LogP contribution in [0.4, 0.5) is 5.69 Å². The summed E-state index contributed by atoms with van der Waals surface area (Å²) >= 11 is 0. The van der Waals surface area contributed by atoms with Crippen molar-refractivity contribution in [3.05, 3.63) is 99.3 Å². The molecule has 0 aliphatic heterocycles. The molecule has 0 fully saturated rings. The van der Waals surface area contributed by atoms with Gasteiger partial charge in [0.15, 0.2) is 11.5 Å². The number of H-pyrrole nitrogens is 1. The highest BCUT2D eigenvalue weighted by Crippen LogP contribution is 2.31. The molecule has 38 heavy (non-hydrogen) atoms. The first kappa shape index (κ1) is 26.4. The third kappa shape index (κ3) is 5.68. The largest absolute Gasteiger partial charge is 0.493 e. The molecule has 0 radical (unpaired) electrons. The van der Waals surface area contributed by atoms with Crippen LogP contribution in [0.2, 0.25) is 0 Å². The lowest BCUT2D eigenvalue weighted by Gasteiger charge is -2.19. The van der Waals surface area contributed by atoms with Crippen molar-refractivity contribution < 1.29 is 19.1 Å². The van der Waals surface area contributed by atoms with Gasteiger partial charge in [0.2, 0.25) is 0 Å². The zero-order chi connectivity index (χ0) is 27.2. The van der Waals surface area contributed by atoms with E-state index >= 15 is 0 Å². The lowest BCUT2D eigenvalue weighted by atomic mass is 10.0. The van der Waals surface area contributed by atoms with Crippen LogP contribution in [0.15, 0.2) is 71.5 Å². The third-order valence-electron chi connectivity index (χ3n) is 6.30. The Hall–Kier alpha value is -4.63. The number of ether oxygens (including phenoxy) is 2. The average molecular weight is 515 g/mol. The molecule has 4 rings (SSSR count). The molecule has 1 heterocycles. The highest BCUT2D eigenvalue weighted by molar-refractivity contribution is 6.07. The summed E-state index contributed by atoms with van der Waals surface area (Å²) in [6.07, 6.45) is 0.576. The smallest absolute Gasteiger partial charge is 0.261 e. The predicted octanol–water partition coefficient (Wildman–Crippen LogP) is 3.93. The molecule has 9 nitrogen and oxygen atoms in total. The number of aromatic amines is 1. The second-order valence-electron chi connectivity index (χ2n) is 8.80. The molecule has 5 N–H and O–H groups in total. The number of carbonyl (C=O) groups excluding carboxylic acids is 2. The lowest BCUT2D eigenvalue weighted by Crippen LogP contribution is -2.30. The van der Waals surface area contributed by atoms with Crippen molar-refractivity contribution in [3.8, 4) is 11.5 Å². The summed E-state index contributed by atoms with van der Waals surface area (Å²) in [5.74, 6) is 0.0252. The van der Waals surface area contributed by atoms with E-state index in [-0.39, 0.29) is 17.5 Å². The summed E-state index contributed by atoms with van der Waals surface area (Å²) in [6, 6.07) is 19.2. The van der Waals surface area contributed by atoms with Gasteiger partial charge < -0.3 is 30.8 Å². The number of carbonyl (C=O) groups is 2. The fourth-order valence-electron chi connectivity index (χ4n) is 4.21. The Morgan fingerprint density at radius 2 is 1.66 bits per heavy atom. The predicted molar refractivity (Wildman–Crippen MR) is 147 cm³/mol. The lowest BCUT2D eigenvalue weighted by molar-refractivity contribution is 0.0934. The van der Waals surface area contributed by atoms with Crippen LogP contribution in [0, 0.1) is 6.92 Å². The first-order valence-electron chi connectivity index (χ1n) is 12.1. The molecule has 4 aromatic rings. The van der Waals surface area contributed by atoms with Crippen LogP contribution in [-0.4, -0.2) is 37.6 Å². The second kappa shape index (κ2) is 11.6. The summed E-state index contributed by atoms with van der Waals surface area (Å²) in [4.78, 5) is 41.7. The average Bonchev–Trinajstić information content (AvgIpc) is 2.93. The first-order chi connectivity index (χ1) is 18.3. The van der Waals surface area contributed by atoms with Crippen LogP contribution in [0.1, 0.15) is 44.3 Å². The van der Waals surface area contributed by atoms with E-state index in [9.17, 15) is 14.4 Å². The van der Waals surface area contributed by atoms with Crippen molar-refractivity contribution in [2.75, 3.05) is 26.1 Å². The number of pyridine rings is 1. The van der Waals surface area contributed by atoms with E-state index in [0.717, 1.165) is 11.1 Å². The standard InChI is InChI=1S/C29H30N4O5/c1-17-9-10-19(27(34)31-22(11-12-30)18-7-5-4-6-8-18)14-23(17)32-28(35)21-13-20-15-25(37-2)26(38-3)16-24(20)33-29(21)36/h4-10,13-16,22H,11-12,30H2,1-3H3,(H,31,34)(H,32,35)(H,33,36)/t22-/m1/s1. The highest BCUT2D eigenvalue weighted by atomic mass is 16.5. The van der Waals surface area contributed by atoms with Crippen molar-refractivity contribution in [2.24, 2.45) is 5.73 Å². The van der Waals surface area contributed by atoms with Crippen LogP contribution in [0.25, 0.3) is 10.9 Å². The number of hydrogen-bond acceptors (Lipinski definition) is 6. The van der Waals surface area contributed by atoms with Crippen LogP contribution in [-0.2, 0) is 0 Å². The van der Waals surface area contributed by atoms with Gasteiger partial charge in [-0.2, -0.15) is 0 Å². The van der Waals surface area contributed by atoms with E-state index < -0.39 is 11.5 Å². The number of aromatic nitrogens is 1. The van der Waals surface area contributed by atoms with E-state index in [1.54, 1.807) is 37.3 Å². The Bertz CT molecular complexity index is 1530. The number of aryl methyl sites for hydroxylation is 1. The molecule has 0 spiro atoms. The fraction of sp³-hybridized carbons (Fsp3) is 0.207. The van der Waals surface area contributed by atoms with Crippen molar-refractivity contribution in [2.45, 2.75) is 19.4 Å². The number of nitrogens with two attached hydrogens (primary N) is 1. The SMILES string of the molecule is COc1cc2cc(C(=O)Nc3cc(C(=O)N[C@H](CCN)c4ccccc4)ccc3C)c(=O)[nH]c2cc1OC. The van der Waals surface area contributed by atoms with Gasteiger partial charge in [0, 0.05) is 22.7 Å². The monoisotopic (exact) mass is 514 g/mol. The van der Waals surface area contributed by atoms with Gasteiger partial charge in [-0.15, -0.1) is 0 Å².